The highest BCUT2D eigenvalue weighted by Gasteiger charge is 2.24. The number of carbonyl (C=O) groups is 1. The van der Waals surface area contributed by atoms with Crippen molar-refractivity contribution in [2.24, 2.45) is 0 Å². The molecule has 1 aliphatic heterocycles. The number of H-pyrrole nitrogens is 1. The van der Waals surface area contributed by atoms with Gasteiger partial charge in [-0.05, 0) is 42.5 Å². The van der Waals surface area contributed by atoms with E-state index in [1.165, 1.54) is 0 Å². The highest BCUT2D eigenvalue weighted by Crippen LogP contribution is 2.23. The van der Waals surface area contributed by atoms with Crippen LogP contribution in [0.2, 0.25) is 0 Å². The van der Waals surface area contributed by atoms with E-state index in [-0.39, 0.29) is 5.91 Å². The van der Waals surface area contributed by atoms with Crippen molar-refractivity contribution in [3.05, 3.63) is 64.8 Å². The lowest BCUT2D eigenvalue weighted by Gasteiger charge is -2.35. The van der Waals surface area contributed by atoms with E-state index < -0.39 is 0 Å². The summed E-state index contributed by atoms with van der Waals surface area (Å²) in [5.74, 6) is 0.837. The van der Waals surface area contributed by atoms with Crippen LogP contribution in [0.3, 0.4) is 0 Å². The van der Waals surface area contributed by atoms with E-state index in [0.29, 0.717) is 18.8 Å². The molecule has 3 aromatic rings. The van der Waals surface area contributed by atoms with Crippen molar-refractivity contribution in [3.63, 3.8) is 0 Å². The topological polar surface area (TPSA) is 61.5 Å². The number of aromatic nitrogens is 2. The van der Waals surface area contributed by atoms with Crippen molar-refractivity contribution in [2.45, 2.75) is 0 Å². The zero-order valence-electron chi connectivity index (χ0n) is 15.6. The fourth-order valence-electron chi connectivity index (χ4n) is 3.33. The molecule has 1 fully saturated rings. The second kappa shape index (κ2) is 8.06. The monoisotopic (exact) mass is 440 g/mol. The molecular formula is C21H21BrN4O2. The molecule has 1 amide bonds. The van der Waals surface area contributed by atoms with Gasteiger partial charge < -0.3 is 14.5 Å². The Morgan fingerprint density at radius 1 is 1.04 bits per heavy atom. The van der Waals surface area contributed by atoms with Crippen LogP contribution >= 0.6 is 15.9 Å². The van der Waals surface area contributed by atoms with E-state index in [2.05, 4.69) is 43.2 Å². The molecule has 0 radical (unpaired) electrons. The number of aromatic amines is 1. The summed E-state index contributed by atoms with van der Waals surface area (Å²) in [6.45, 7) is 2.95. The van der Waals surface area contributed by atoms with Gasteiger partial charge in [0.1, 0.15) is 11.4 Å². The molecule has 7 heteroatoms. The zero-order chi connectivity index (χ0) is 19.5. The first-order valence-corrected chi connectivity index (χ1v) is 9.93. The van der Waals surface area contributed by atoms with Gasteiger partial charge in [-0.2, -0.15) is 5.10 Å². The number of piperazine rings is 1. The maximum absolute atomic E-state index is 12.8. The van der Waals surface area contributed by atoms with E-state index in [0.717, 1.165) is 40.3 Å². The number of hydrogen-bond donors (Lipinski definition) is 1. The van der Waals surface area contributed by atoms with Crippen molar-refractivity contribution in [3.8, 4) is 17.0 Å². The fourth-order valence-corrected chi connectivity index (χ4v) is 3.60. The van der Waals surface area contributed by atoms with Gasteiger partial charge in [0, 0.05) is 41.9 Å². The van der Waals surface area contributed by atoms with Crippen LogP contribution in [0, 0.1) is 0 Å². The summed E-state index contributed by atoms with van der Waals surface area (Å²) >= 11 is 3.43. The first kappa shape index (κ1) is 18.6. The van der Waals surface area contributed by atoms with Gasteiger partial charge in [0.05, 0.1) is 12.8 Å². The third-order valence-electron chi connectivity index (χ3n) is 4.95. The molecule has 0 saturated carbocycles. The van der Waals surface area contributed by atoms with Crippen LogP contribution < -0.4 is 9.64 Å². The molecule has 28 heavy (non-hydrogen) atoms. The van der Waals surface area contributed by atoms with E-state index in [9.17, 15) is 4.79 Å². The molecule has 2 heterocycles. The van der Waals surface area contributed by atoms with Crippen LogP contribution in [-0.4, -0.2) is 54.3 Å². The molecule has 1 aromatic heterocycles. The molecule has 6 nitrogen and oxygen atoms in total. The van der Waals surface area contributed by atoms with Crippen LogP contribution in [0.5, 0.6) is 5.75 Å². The predicted octanol–water partition coefficient (Wildman–Crippen LogP) is 3.81. The molecule has 1 saturated heterocycles. The van der Waals surface area contributed by atoms with Crippen molar-refractivity contribution in [2.75, 3.05) is 38.2 Å². The lowest BCUT2D eigenvalue weighted by atomic mass is 10.1. The number of anilines is 1. The summed E-state index contributed by atoms with van der Waals surface area (Å²) in [4.78, 5) is 17.0. The quantitative estimate of drug-likeness (QED) is 0.669. The van der Waals surface area contributed by atoms with Crippen molar-refractivity contribution >= 4 is 27.5 Å². The third kappa shape index (κ3) is 3.89. The molecule has 0 spiro atoms. The Kier molecular flexibility index (Phi) is 5.34. The van der Waals surface area contributed by atoms with Gasteiger partial charge in [-0.25, -0.2) is 0 Å². The van der Waals surface area contributed by atoms with Gasteiger partial charge >= 0.3 is 0 Å². The molecule has 0 aliphatic carbocycles. The minimum absolute atomic E-state index is 0.00903. The summed E-state index contributed by atoms with van der Waals surface area (Å²) in [5.41, 5.74) is 3.42. The SMILES string of the molecule is COc1ccc(N2CCN(C(=O)c3cc(-c4ccc(Br)cc4)n[nH]3)CC2)cc1. The Bertz CT molecular complexity index is 945. The number of hydrogen-bond acceptors (Lipinski definition) is 4. The number of nitrogens with one attached hydrogen (secondary N) is 1. The Balaban J connectivity index is 1.39. The summed E-state index contributed by atoms with van der Waals surface area (Å²) in [6.07, 6.45) is 0. The summed E-state index contributed by atoms with van der Waals surface area (Å²) < 4.78 is 6.22. The largest absolute Gasteiger partial charge is 0.497 e. The molecule has 4 rings (SSSR count). The number of carbonyl (C=O) groups excluding carboxylic acids is 1. The Hall–Kier alpha value is -2.80. The first-order chi connectivity index (χ1) is 13.6. The number of amides is 1. The number of methoxy groups -OCH3 is 1. The molecule has 2 aromatic carbocycles. The molecule has 1 N–H and O–H groups in total. The average Bonchev–Trinajstić information content (AvgIpc) is 3.24. The van der Waals surface area contributed by atoms with Gasteiger partial charge in [0.2, 0.25) is 0 Å². The third-order valence-corrected chi connectivity index (χ3v) is 5.48. The molecular weight excluding hydrogens is 420 g/mol. The van der Waals surface area contributed by atoms with Gasteiger partial charge in [0.25, 0.3) is 5.91 Å². The van der Waals surface area contributed by atoms with E-state index in [1.807, 2.05) is 47.4 Å². The highest BCUT2D eigenvalue weighted by molar-refractivity contribution is 9.10. The van der Waals surface area contributed by atoms with Gasteiger partial charge in [-0.15, -0.1) is 0 Å². The number of halogens is 1. The standard InChI is InChI=1S/C21H21BrN4O2/c1-28-18-8-6-17(7-9-18)25-10-12-26(13-11-25)21(27)20-14-19(23-24-20)15-2-4-16(22)5-3-15/h2-9,14H,10-13H2,1H3,(H,23,24). The molecule has 0 unspecified atom stereocenters. The van der Waals surface area contributed by atoms with Gasteiger partial charge in [0.15, 0.2) is 0 Å². The van der Waals surface area contributed by atoms with E-state index in [1.54, 1.807) is 7.11 Å². The number of ether oxygens (including phenoxy) is 1. The maximum atomic E-state index is 12.8. The summed E-state index contributed by atoms with van der Waals surface area (Å²) in [5, 5.41) is 7.19. The second-order valence-electron chi connectivity index (χ2n) is 6.65. The van der Waals surface area contributed by atoms with Gasteiger partial charge in [-0.3, -0.25) is 9.89 Å². The normalized spacial score (nSPS) is 14.2. The molecule has 0 atom stereocenters. The first-order valence-electron chi connectivity index (χ1n) is 9.13. The predicted molar refractivity (Wildman–Crippen MR) is 113 cm³/mol. The Morgan fingerprint density at radius 3 is 2.36 bits per heavy atom. The number of nitrogens with zero attached hydrogens (tertiary/aromatic N) is 3. The fraction of sp³-hybridized carbons (Fsp3) is 0.238. The van der Waals surface area contributed by atoms with Crippen molar-refractivity contribution in [1.29, 1.82) is 0 Å². The minimum Gasteiger partial charge on any atom is -0.497 e. The van der Waals surface area contributed by atoms with Crippen LogP contribution in [0.1, 0.15) is 10.5 Å². The lowest BCUT2D eigenvalue weighted by molar-refractivity contribution is 0.0741. The minimum atomic E-state index is -0.00903. The Labute approximate surface area is 172 Å². The maximum Gasteiger partial charge on any atom is 0.272 e. The second-order valence-corrected chi connectivity index (χ2v) is 7.57. The van der Waals surface area contributed by atoms with Crippen molar-refractivity contribution < 1.29 is 9.53 Å². The average molecular weight is 441 g/mol. The van der Waals surface area contributed by atoms with E-state index in [4.69, 9.17) is 4.74 Å². The Morgan fingerprint density at radius 2 is 1.71 bits per heavy atom. The zero-order valence-corrected chi connectivity index (χ0v) is 17.1. The van der Waals surface area contributed by atoms with Crippen LogP contribution in [0.15, 0.2) is 59.1 Å². The van der Waals surface area contributed by atoms with E-state index >= 15 is 0 Å². The van der Waals surface area contributed by atoms with Crippen LogP contribution in [-0.2, 0) is 0 Å². The highest BCUT2D eigenvalue weighted by atomic mass is 79.9. The van der Waals surface area contributed by atoms with Crippen LogP contribution in [0.4, 0.5) is 5.69 Å². The lowest BCUT2D eigenvalue weighted by Crippen LogP contribution is -2.48. The van der Waals surface area contributed by atoms with Crippen LogP contribution in [0.25, 0.3) is 11.3 Å². The summed E-state index contributed by atoms with van der Waals surface area (Å²) in [7, 11) is 1.66. The number of benzene rings is 2. The smallest absolute Gasteiger partial charge is 0.272 e. The van der Waals surface area contributed by atoms with Gasteiger partial charge in [-0.1, -0.05) is 28.1 Å². The molecule has 1 aliphatic rings. The number of rotatable bonds is 4. The molecule has 0 bridgehead atoms. The molecule has 144 valence electrons. The summed E-state index contributed by atoms with van der Waals surface area (Å²) in [6, 6.07) is 17.7. The van der Waals surface area contributed by atoms with Crippen molar-refractivity contribution in [1.82, 2.24) is 15.1 Å².